The minimum atomic E-state index is -4.04. The molecule has 1 heterocycles. The lowest BCUT2D eigenvalue weighted by atomic mass is 10.1. The van der Waals surface area contributed by atoms with Crippen LogP contribution in [0.1, 0.15) is 52.5 Å². The van der Waals surface area contributed by atoms with Crippen molar-refractivity contribution in [1.82, 2.24) is 0 Å². The van der Waals surface area contributed by atoms with E-state index < -0.39 is 40.4 Å². The Morgan fingerprint density at radius 2 is 1.52 bits per heavy atom. The number of hydrogen-bond donors (Lipinski definition) is 0. The van der Waals surface area contributed by atoms with Crippen LogP contribution < -0.4 is 9.08 Å². The van der Waals surface area contributed by atoms with E-state index in [0.717, 1.165) is 18.4 Å². The standard InChI is InChI=1S/C31H31NO9S/c1-3-4-17-39-30(35)23-7-11-25(12-8-23)32-19-24(18-29(32)34)31(36)40-20-28(33)22-9-13-26(14-10-22)41-42(37,38)27-15-5-21(2)6-16-27/h5-16,24H,3-4,17-20H2,1-2H3/t24-/m0/s1. The average molecular weight is 594 g/mol. The van der Waals surface area contributed by atoms with Gasteiger partial charge < -0.3 is 18.6 Å². The Balaban J connectivity index is 1.28. The number of carbonyl (C=O) groups is 4. The van der Waals surface area contributed by atoms with Crippen molar-refractivity contribution in [1.29, 1.82) is 0 Å². The van der Waals surface area contributed by atoms with Gasteiger partial charge in [0, 0.05) is 24.2 Å². The zero-order valence-corrected chi connectivity index (χ0v) is 24.1. The fourth-order valence-corrected chi connectivity index (χ4v) is 5.13. The quantitative estimate of drug-likeness (QED) is 0.129. The number of hydrogen-bond acceptors (Lipinski definition) is 9. The number of anilines is 1. The number of carbonyl (C=O) groups excluding carboxylic acids is 4. The first kappa shape index (κ1) is 30.4. The van der Waals surface area contributed by atoms with Crippen molar-refractivity contribution in [2.45, 2.75) is 38.0 Å². The molecule has 1 aliphatic heterocycles. The number of benzene rings is 3. The summed E-state index contributed by atoms with van der Waals surface area (Å²) in [5.74, 6) is -2.64. The molecule has 11 heteroatoms. The van der Waals surface area contributed by atoms with E-state index in [1.807, 2.05) is 13.8 Å². The predicted octanol–water partition coefficient (Wildman–Crippen LogP) is 4.50. The average Bonchev–Trinajstić information content (AvgIpc) is 3.38. The molecule has 1 aliphatic rings. The molecule has 220 valence electrons. The molecule has 1 amide bonds. The highest BCUT2D eigenvalue weighted by Crippen LogP contribution is 2.27. The van der Waals surface area contributed by atoms with Gasteiger partial charge in [-0.25, -0.2) is 4.79 Å². The summed E-state index contributed by atoms with van der Waals surface area (Å²) in [4.78, 5) is 51.3. The second-order valence-corrected chi connectivity index (χ2v) is 11.4. The summed E-state index contributed by atoms with van der Waals surface area (Å²) in [5, 5.41) is 0. The Morgan fingerprint density at radius 1 is 0.881 bits per heavy atom. The van der Waals surface area contributed by atoms with E-state index >= 15 is 0 Å². The first-order valence-corrected chi connectivity index (χ1v) is 14.9. The highest BCUT2D eigenvalue weighted by molar-refractivity contribution is 7.87. The molecule has 10 nitrogen and oxygen atoms in total. The van der Waals surface area contributed by atoms with Crippen LogP contribution in [-0.2, 0) is 29.2 Å². The minimum absolute atomic E-state index is 0.00338. The van der Waals surface area contributed by atoms with Gasteiger partial charge in [0.15, 0.2) is 12.4 Å². The third kappa shape index (κ3) is 7.61. The van der Waals surface area contributed by atoms with Crippen molar-refractivity contribution >= 4 is 39.4 Å². The number of esters is 2. The molecule has 1 atom stereocenters. The third-order valence-corrected chi connectivity index (χ3v) is 7.90. The van der Waals surface area contributed by atoms with Crippen molar-refractivity contribution in [2.24, 2.45) is 5.92 Å². The fraction of sp³-hybridized carbons (Fsp3) is 0.290. The summed E-state index contributed by atoms with van der Waals surface area (Å²) in [6.45, 7) is 3.71. The van der Waals surface area contributed by atoms with Crippen LogP contribution in [-0.4, -0.2) is 51.8 Å². The molecule has 42 heavy (non-hydrogen) atoms. The SMILES string of the molecule is CCCCOC(=O)c1ccc(N2C[C@@H](C(=O)OCC(=O)c3ccc(OS(=O)(=O)c4ccc(C)cc4)cc3)CC2=O)cc1. The van der Waals surface area contributed by atoms with Crippen molar-refractivity contribution in [3.05, 3.63) is 89.5 Å². The lowest BCUT2D eigenvalue weighted by molar-refractivity contribution is -0.147. The number of unbranched alkanes of at least 4 members (excludes halogenated alkanes) is 1. The summed E-state index contributed by atoms with van der Waals surface area (Å²) in [7, 11) is -4.04. The van der Waals surface area contributed by atoms with Crippen LogP contribution in [0.25, 0.3) is 0 Å². The first-order chi connectivity index (χ1) is 20.1. The summed E-state index contributed by atoms with van der Waals surface area (Å²) in [6, 6.07) is 18.0. The van der Waals surface area contributed by atoms with Crippen molar-refractivity contribution in [3.63, 3.8) is 0 Å². The molecule has 0 aliphatic carbocycles. The number of aryl methyl sites for hydroxylation is 1. The van der Waals surface area contributed by atoms with E-state index in [1.165, 1.54) is 41.3 Å². The number of nitrogens with zero attached hydrogens (tertiary/aromatic N) is 1. The normalized spacial score (nSPS) is 14.9. The highest BCUT2D eigenvalue weighted by atomic mass is 32.2. The second kappa shape index (κ2) is 13.4. The molecular weight excluding hydrogens is 562 g/mol. The number of Topliss-reactive ketones (excluding diaryl/α,β-unsaturated/α-hetero) is 1. The number of ether oxygens (including phenoxy) is 2. The monoisotopic (exact) mass is 593 g/mol. The number of ketones is 1. The lowest BCUT2D eigenvalue weighted by Gasteiger charge is -2.17. The maximum absolute atomic E-state index is 12.6. The molecule has 0 saturated carbocycles. The smallest absolute Gasteiger partial charge is 0.339 e. The van der Waals surface area contributed by atoms with Crippen LogP contribution in [0, 0.1) is 12.8 Å². The van der Waals surface area contributed by atoms with Crippen molar-refractivity contribution < 1.29 is 41.3 Å². The molecule has 0 radical (unpaired) electrons. The number of rotatable bonds is 12. The van der Waals surface area contributed by atoms with Crippen LogP contribution in [0.2, 0.25) is 0 Å². The van der Waals surface area contributed by atoms with Gasteiger partial charge in [-0.3, -0.25) is 14.4 Å². The van der Waals surface area contributed by atoms with Crippen LogP contribution in [0.15, 0.2) is 77.7 Å². The van der Waals surface area contributed by atoms with Gasteiger partial charge in [0.1, 0.15) is 10.6 Å². The Bertz CT molecular complexity index is 1550. The third-order valence-electron chi connectivity index (χ3n) is 6.64. The van der Waals surface area contributed by atoms with Gasteiger partial charge in [-0.15, -0.1) is 0 Å². The Hall–Kier alpha value is -4.51. The molecule has 0 spiro atoms. The molecule has 0 N–H and O–H groups in total. The van der Waals surface area contributed by atoms with E-state index in [4.69, 9.17) is 13.7 Å². The Kier molecular flexibility index (Phi) is 9.74. The van der Waals surface area contributed by atoms with Gasteiger partial charge in [-0.2, -0.15) is 8.42 Å². The van der Waals surface area contributed by atoms with Crippen LogP contribution in [0.4, 0.5) is 5.69 Å². The van der Waals surface area contributed by atoms with Crippen LogP contribution in [0.5, 0.6) is 5.75 Å². The molecular formula is C31H31NO9S. The zero-order chi connectivity index (χ0) is 30.3. The first-order valence-electron chi connectivity index (χ1n) is 13.5. The molecule has 1 saturated heterocycles. The Morgan fingerprint density at radius 3 is 2.17 bits per heavy atom. The molecule has 4 rings (SSSR count). The van der Waals surface area contributed by atoms with Gasteiger partial charge in [0.2, 0.25) is 5.91 Å². The number of amides is 1. The van der Waals surface area contributed by atoms with Crippen LogP contribution in [0.3, 0.4) is 0 Å². The van der Waals surface area contributed by atoms with E-state index in [9.17, 15) is 27.6 Å². The van der Waals surface area contributed by atoms with E-state index in [-0.39, 0.29) is 35.1 Å². The molecule has 0 unspecified atom stereocenters. The van der Waals surface area contributed by atoms with Gasteiger partial charge >= 0.3 is 22.1 Å². The maximum atomic E-state index is 12.6. The molecule has 0 aromatic heterocycles. The summed E-state index contributed by atoms with van der Waals surface area (Å²) >= 11 is 0. The maximum Gasteiger partial charge on any atom is 0.339 e. The van der Waals surface area contributed by atoms with E-state index in [1.54, 1.807) is 36.4 Å². The van der Waals surface area contributed by atoms with Crippen molar-refractivity contribution in [2.75, 3.05) is 24.7 Å². The molecule has 3 aromatic rings. The van der Waals surface area contributed by atoms with Gasteiger partial charge in [0.25, 0.3) is 0 Å². The van der Waals surface area contributed by atoms with Gasteiger partial charge in [-0.05, 0) is 74.0 Å². The lowest BCUT2D eigenvalue weighted by Crippen LogP contribution is -2.27. The van der Waals surface area contributed by atoms with Gasteiger partial charge in [0.05, 0.1) is 18.1 Å². The molecule has 3 aromatic carbocycles. The zero-order valence-electron chi connectivity index (χ0n) is 23.3. The van der Waals surface area contributed by atoms with E-state index in [2.05, 4.69) is 0 Å². The van der Waals surface area contributed by atoms with E-state index in [0.29, 0.717) is 17.9 Å². The van der Waals surface area contributed by atoms with Gasteiger partial charge in [-0.1, -0.05) is 31.0 Å². The summed E-state index contributed by atoms with van der Waals surface area (Å²) in [6.07, 6.45) is 1.61. The second-order valence-electron chi connectivity index (χ2n) is 9.85. The Labute approximate surface area is 244 Å². The molecule has 0 bridgehead atoms. The van der Waals surface area contributed by atoms with Crippen molar-refractivity contribution in [3.8, 4) is 5.75 Å². The largest absolute Gasteiger partial charge is 0.462 e. The summed E-state index contributed by atoms with van der Waals surface area (Å²) < 4.78 is 40.5. The predicted molar refractivity (Wildman–Crippen MR) is 153 cm³/mol. The molecule has 1 fully saturated rings. The van der Waals surface area contributed by atoms with Crippen LogP contribution >= 0.6 is 0 Å². The topological polar surface area (TPSA) is 133 Å². The summed E-state index contributed by atoms with van der Waals surface area (Å²) in [5.41, 5.74) is 1.99. The highest BCUT2D eigenvalue weighted by Gasteiger charge is 2.36. The fourth-order valence-electron chi connectivity index (χ4n) is 4.20. The minimum Gasteiger partial charge on any atom is -0.462 e.